The summed E-state index contributed by atoms with van der Waals surface area (Å²) in [6.45, 7) is 5.26. The summed E-state index contributed by atoms with van der Waals surface area (Å²) < 4.78 is 0. The van der Waals surface area contributed by atoms with Crippen LogP contribution < -0.4 is 0 Å². The van der Waals surface area contributed by atoms with Gasteiger partial charge in [0, 0.05) is 23.4 Å². The van der Waals surface area contributed by atoms with Gasteiger partial charge in [-0.2, -0.15) is 0 Å². The fourth-order valence-electron chi connectivity index (χ4n) is 2.50. The Morgan fingerprint density at radius 2 is 1.90 bits per heavy atom. The highest BCUT2D eigenvalue weighted by Gasteiger charge is 2.28. The Bertz CT molecular complexity index is 522. The first-order valence-electron chi connectivity index (χ1n) is 7.36. The second kappa shape index (κ2) is 6.65. The van der Waals surface area contributed by atoms with Crippen LogP contribution in [-0.4, -0.2) is 35.9 Å². The molecule has 0 radical (unpaired) electrons. The van der Waals surface area contributed by atoms with E-state index in [9.17, 15) is 9.59 Å². The van der Waals surface area contributed by atoms with Gasteiger partial charge in [-0.05, 0) is 36.6 Å². The first kappa shape index (κ1) is 16.1. The van der Waals surface area contributed by atoms with E-state index in [4.69, 9.17) is 0 Å². The molecule has 0 atom stereocenters. The lowest BCUT2D eigenvalue weighted by atomic mass is 9.85. The number of hydrogen-bond donors (Lipinski definition) is 0. The number of amides is 1. The van der Waals surface area contributed by atoms with Crippen LogP contribution in [0.3, 0.4) is 0 Å². The molecule has 1 aliphatic rings. The first-order valence-corrected chi connectivity index (χ1v) is 8.59. The van der Waals surface area contributed by atoms with Crippen molar-refractivity contribution in [3.63, 3.8) is 0 Å². The maximum atomic E-state index is 12.3. The molecule has 0 saturated carbocycles. The summed E-state index contributed by atoms with van der Waals surface area (Å²) in [5, 5.41) is 0. The minimum atomic E-state index is 0.0238. The molecule has 114 valence electrons. The summed E-state index contributed by atoms with van der Waals surface area (Å²) in [7, 11) is 0. The SMILES string of the molecule is CSc1ccc(C(=O)CN2CCC(C)(C)CCC2=O)cc1. The van der Waals surface area contributed by atoms with Crippen molar-refractivity contribution in [2.24, 2.45) is 5.41 Å². The van der Waals surface area contributed by atoms with Crippen LogP contribution in [0, 0.1) is 5.41 Å². The van der Waals surface area contributed by atoms with Gasteiger partial charge in [0.15, 0.2) is 5.78 Å². The van der Waals surface area contributed by atoms with E-state index in [1.165, 1.54) is 0 Å². The van der Waals surface area contributed by atoms with Gasteiger partial charge in [-0.1, -0.05) is 26.0 Å². The number of benzene rings is 1. The van der Waals surface area contributed by atoms with E-state index < -0.39 is 0 Å². The van der Waals surface area contributed by atoms with Gasteiger partial charge in [0.1, 0.15) is 0 Å². The fraction of sp³-hybridized carbons (Fsp3) is 0.529. The molecule has 2 rings (SSSR count). The second-order valence-electron chi connectivity index (χ2n) is 6.38. The Morgan fingerprint density at radius 1 is 1.24 bits per heavy atom. The summed E-state index contributed by atoms with van der Waals surface area (Å²) in [4.78, 5) is 27.3. The second-order valence-corrected chi connectivity index (χ2v) is 7.26. The number of Topliss-reactive ketones (excluding diaryl/α,β-unsaturated/α-hetero) is 1. The quantitative estimate of drug-likeness (QED) is 0.629. The highest BCUT2D eigenvalue weighted by atomic mass is 32.2. The molecule has 1 aliphatic heterocycles. The van der Waals surface area contributed by atoms with Crippen molar-refractivity contribution in [2.75, 3.05) is 19.3 Å². The van der Waals surface area contributed by atoms with Gasteiger partial charge < -0.3 is 4.90 Å². The van der Waals surface area contributed by atoms with Gasteiger partial charge >= 0.3 is 0 Å². The summed E-state index contributed by atoms with van der Waals surface area (Å²) >= 11 is 1.65. The number of carbonyl (C=O) groups is 2. The molecule has 1 amide bonds. The highest BCUT2D eigenvalue weighted by Crippen LogP contribution is 2.30. The minimum Gasteiger partial charge on any atom is -0.335 e. The van der Waals surface area contributed by atoms with Crippen molar-refractivity contribution >= 4 is 23.5 Å². The number of carbonyl (C=O) groups excluding carboxylic acids is 2. The fourth-order valence-corrected chi connectivity index (χ4v) is 2.91. The third-order valence-corrected chi connectivity index (χ3v) is 4.92. The van der Waals surface area contributed by atoms with Crippen molar-refractivity contribution in [1.29, 1.82) is 0 Å². The smallest absolute Gasteiger partial charge is 0.222 e. The molecule has 1 aromatic rings. The van der Waals surface area contributed by atoms with E-state index in [1.54, 1.807) is 16.7 Å². The maximum Gasteiger partial charge on any atom is 0.222 e. The van der Waals surface area contributed by atoms with Crippen LogP contribution in [0.5, 0.6) is 0 Å². The van der Waals surface area contributed by atoms with Crippen LogP contribution in [0.15, 0.2) is 29.2 Å². The standard InChI is InChI=1S/C17H23NO2S/c1-17(2)9-8-16(20)18(11-10-17)12-15(19)13-4-6-14(21-3)7-5-13/h4-7H,8-12H2,1-3H3. The Morgan fingerprint density at radius 3 is 2.52 bits per heavy atom. The van der Waals surface area contributed by atoms with Crippen molar-refractivity contribution in [1.82, 2.24) is 4.90 Å². The molecule has 0 N–H and O–H groups in total. The lowest BCUT2D eigenvalue weighted by Gasteiger charge is -2.23. The van der Waals surface area contributed by atoms with E-state index in [-0.39, 0.29) is 23.7 Å². The van der Waals surface area contributed by atoms with Crippen LogP contribution in [-0.2, 0) is 4.79 Å². The lowest BCUT2D eigenvalue weighted by Crippen LogP contribution is -2.35. The molecular formula is C17H23NO2S. The van der Waals surface area contributed by atoms with Gasteiger partial charge in [-0.15, -0.1) is 11.8 Å². The summed E-state index contributed by atoms with van der Waals surface area (Å²) in [6.07, 6.45) is 4.41. The summed E-state index contributed by atoms with van der Waals surface area (Å²) in [6, 6.07) is 7.59. The lowest BCUT2D eigenvalue weighted by molar-refractivity contribution is -0.130. The zero-order chi connectivity index (χ0) is 15.5. The number of thioether (sulfide) groups is 1. The Hall–Kier alpha value is -1.29. The topological polar surface area (TPSA) is 37.4 Å². The molecule has 0 unspecified atom stereocenters. The zero-order valence-corrected chi connectivity index (χ0v) is 13.8. The highest BCUT2D eigenvalue weighted by molar-refractivity contribution is 7.98. The molecule has 0 aromatic heterocycles. The maximum absolute atomic E-state index is 12.3. The number of likely N-dealkylation sites (tertiary alicyclic amines) is 1. The summed E-state index contributed by atoms with van der Waals surface area (Å²) in [5.74, 6) is 0.130. The van der Waals surface area contributed by atoms with Gasteiger partial charge in [-0.25, -0.2) is 0 Å². The van der Waals surface area contributed by atoms with E-state index in [0.29, 0.717) is 18.5 Å². The number of nitrogens with zero attached hydrogens (tertiary/aromatic N) is 1. The molecule has 1 saturated heterocycles. The third kappa shape index (κ3) is 4.34. The molecule has 1 fully saturated rings. The van der Waals surface area contributed by atoms with E-state index >= 15 is 0 Å². The average Bonchev–Trinajstić information content (AvgIpc) is 2.60. The number of rotatable bonds is 4. The Balaban J connectivity index is 2.02. The van der Waals surface area contributed by atoms with E-state index in [1.807, 2.05) is 30.5 Å². The van der Waals surface area contributed by atoms with Crippen molar-refractivity contribution in [2.45, 2.75) is 38.0 Å². The predicted molar refractivity (Wildman–Crippen MR) is 86.8 cm³/mol. The monoisotopic (exact) mass is 305 g/mol. The molecule has 0 bridgehead atoms. The predicted octanol–water partition coefficient (Wildman–Crippen LogP) is 3.63. The van der Waals surface area contributed by atoms with Crippen molar-refractivity contribution in [3.8, 4) is 0 Å². The normalized spacial score (nSPS) is 18.4. The molecule has 21 heavy (non-hydrogen) atoms. The van der Waals surface area contributed by atoms with E-state index in [0.717, 1.165) is 17.7 Å². The third-order valence-electron chi connectivity index (χ3n) is 4.17. The van der Waals surface area contributed by atoms with Crippen molar-refractivity contribution < 1.29 is 9.59 Å². The van der Waals surface area contributed by atoms with Crippen LogP contribution in [0.1, 0.15) is 43.5 Å². The van der Waals surface area contributed by atoms with Crippen LogP contribution in [0.4, 0.5) is 0 Å². The zero-order valence-electron chi connectivity index (χ0n) is 13.0. The Labute approximate surface area is 131 Å². The first-order chi connectivity index (χ1) is 9.91. The summed E-state index contributed by atoms with van der Waals surface area (Å²) in [5.41, 5.74) is 0.872. The van der Waals surface area contributed by atoms with Crippen LogP contribution in [0.2, 0.25) is 0 Å². The number of ketones is 1. The largest absolute Gasteiger partial charge is 0.335 e. The molecule has 1 aromatic carbocycles. The van der Waals surface area contributed by atoms with Crippen LogP contribution in [0.25, 0.3) is 0 Å². The molecule has 4 heteroatoms. The molecule has 1 heterocycles. The molecule has 0 spiro atoms. The van der Waals surface area contributed by atoms with Crippen molar-refractivity contribution in [3.05, 3.63) is 29.8 Å². The molecule has 3 nitrogen and oxygen atoms in total. The van der Waals surface area contributed by atoms with Gasteiger partial charge in [-0.3, -0.25) is 9.59 Å². The van der Waals surface area contributed by atoms with Gasteiger partial charge in [0.05, 0.1) is 6.54 Å². The Kier molecular flexibility index (Phi) is 5.09. The van der Waals surface area contributed by atoms with Crippen LogP contribution >= 0.6 is 11.8 Å². The van der Waals surface area contributed by atoms with E-state index in [2.05, 4.69) is 13.8 Å². The van der Waals surface area contributed by atoms with Gasteiger partial charge in [0.25, 0.3) is 0 Å². The van der Waals surface area contributed by atoms with Gasteiger partial charge in [0.2, 0.25) is 5.91 Å². The average molecular weight is 305 g/mol. The molecular weight excluding hydrogens is 282 g/mol. The minimum absolute atomic E-state index is 0.0238. The number of hydrogen-bond acceptors (Lipinski definition) is 3. The molecule has 0 aliphatic carbocycles.